The monoisotopic (exact) mass is 333 g/mol. The summed E-state index contributed by atoms with van der Waals surface area (Å²) < 4.78 is 1.87. The van der Waals surface area contributed by atoms with Crippen LogP contribution in [0.25, 0.3) is 11.0 Å². The van der Waals surface area contributed by atoms with Gasteiger partial charge >= 0.3 is 6.03 Å². The topological polar surface area (TPSA) is 38.1 Å². The molecule has 0 fully saturated rings. The van der Waals surface area contributed by atoms with Crippen LogP contribution in [0, 0.1) is 0 Å². The Morgan fingerprint density at radius 1 is 1.13 bits per heavy atom. The second-order valence-electron chi connectivity index (χ2n) is 6.29. The van der Waals surface area contributed by atoms with Crippen LogP contribution in [0.3, 0.4) is 0 Å². The molecule has 0 atom stereocenters. The second-order valence-corrected chi connectivity index (χ2v) is 9.03. The molecule has 1 heterocycles. The van der Waals surface area contributed by atoms with Crippen molar-refractivity contribution in [2.45, 2.75) is 53.6 Å². The molecule has 0 aliphatic rings. The van der Waals surface area contributed by atoms with Crippen LogP contribution in [0.4, 0.5) is 4.79 Å². The van der Waals surface area contributed by atoms with Crippen molar-refractivity contribution in [1.29, 1.82) is 0 Å². The first kappa shape index (κ1) is 17.9. The summed E-state index contributed by atoms with van der Waals surface area (Å²) in [5, 5.41) is 0. The SMILES string of the molecule is CCP(CC)c1nc2ccccc2n1C(=O)N(C(C)C)C(C)C. The number of rotatable bonds is 5. The maximum absolute atomic E-state index is 13.3. The Bertz CT molecular complexity index is 666. The Balaban J connectivity index is 2.65. The van der Waals surface area contributed by atoms with Crippen LogP contribution in [0.5, 0.6) is 0 Å². The molecule has 0 saturated heterocycles. The summed E-state index contributed by atoms with van der Waals surface area (Å²) in [5.74, 6) is 0. The van der Waals surface area contributed by atoms with E-state index >= 15 is 0 Å². The summed E-state index contributed by atoms with van der Waals surface area (Å²) in [7, 11) is -0.410. The molecule has 0 N–H and O–H groups in total. The molecule has 1 aromatic heterocycles. The largest absolute Gasteiger partial charge is 0.330 e. The smallest absolute Gasteiger partial charge is 0.319 e. The van der Waals surface area contributed by atoms with E-state index in [1.54, 1.807) is 0 Å². The molecule has 0 saturated carbocycles. The normalized spacial score (nSPS) is 11.9. The minimum atomic E-state index is -0.410. The van der Waals surface area contributed by atoms with Gasteiger partial charge in [-0.1, -0.05) is 26.0 Å². The molecule has 1 amide bonds. The van der Waals surface area contributed by atoms with Crippen LogP contribution in [-0.2, 0) is 0 Å². The summed E-state index contributed by atoms with van der Waals surface area (Å²) in [5.41, 5.74) is 2.80. The van der Waals surface area contributed by atoms with Crippen molar-refractivity contribution in [2.24, 2.45) is 0 Å². The molecule has 0 spiro atoms. The van der Waals surface area contributed by atoms with Gasteiger partial charge in [0.2, 0.25) is 0 Å². The third-order valence-electron chi connectivity index (χ3n) is 4.11. The number of fused-ring (bicyclic) bond motifs is 1. The van der Waals surface area contributed by atoms with Gasteiger partial charge < -0.3 is 4.90 Å². The Morgan fingerprint density at radius 3 is 2.22 bits per heavy atom. The van der Waals surface area contributed by atoms with Gasteiger partial charge in [-0.2, -0.15) is 0 Å². The Hall–Kier alpha value is -1.41. The van der Waals surface area contributed by atoms with Gasteiger partial charge in [0.15, 0.2) is 0 Å². The van der Waals surface area contributed by atoms with E-state index in [1.165, 1.54) is 0 Å². The Morgan fingerprint density at radius 2 is 1.70 bits per heavy atom. The fourth-order valence-electron chi connectivity index (χ4n) is 3.07. The van der Waals surface area contributed by atoms with E-state index < -0.39 is 7.92 Å². The highest BCUT2D eigenvalue weighted by Gasteiger charge is 2.27. The molecule has 0 aliphatic heterocycles. The van der Waals surface area contributed by atoms with Crippen LogP contribution in [0.2, 0.25) is 0 Å². The van der Waals surface area contributed by atoms with E-state index in [4.69, 9.17) is 4.98 Å². The van der Waals surface area contributed by atoms with Gasteiger partial charge in [0, 0.05) is 12.1 Å². The molecule has 0 radical (unpaired) electrons. The van der Waals surface area contributed by atoms with Crippen molar-refractivity contribution in [3.05, 3.63) is 24.3 Å². The van der Waals surface area contributed by atoms with Crippen molar-refractivity contribution < 1.29 is 4.79 Å². The van der Waals surface area contributed by atoms with Gasteiger partial charge in [0.1, 0.15) is 5.57 Å². The highest BCUT2D eigenvalue weighted by Crippen LogP contribution is 2.34. The van der Waals surface area contributed by atoms with E-state index in [9.17, 15) is 4.79 Å². The van der Waals surface area contributed by atoms with Crippen molar-refractivity contribution >= 4 is 30.6 Å². The van der Waals surface area contributed by atoms with E-state index in [0.29, 0.717) is 0 Å². The second kappa shape index (κ2) is 7.44. The molecule has 126 valence electrons. The van der Waals surface area contributed by atoms with E-state index in [2.05, 4.69) is 41.5 Å². The quantitative estimate of drug-likeness (QED) is 0.766. The van der Waals surface area contributed by atoms with Gasteiger partial charge in [-0.25, -0.2) is 14.3 Å². The average Bonchev–Trinajstić information content (AvgIpc) is 2.86. The average molecular weight is 333 g/mol. The van der Waals surface area contributed by atoms with Gasteiger partial charge in [-0.05, 0) is 60.1 Å². The molecule has 2 aromatic rings. The zero-order valence-corrected chi connectivity index (χ0v) is 16.0. The number of para-hydroxylation sites is 2. The maximum atomic E-state index is 13.3. The third kappa shape index (κ3) is 3.42. The highest BCUT2D eigenvalue weighted by atomic mass is 31.1. The van der Waals surface area contributed by atoms with Crippen molar-refractivity contribution in [3.8, 4) is 0 Å². The molecule has 2 rings (SSSR count). The summed E-state index contributed by atoms with van der Waals surface area (Å²) in [6, 6.07) is 8.33. The van der Waals surface area contributed by atoms with Crippen molar-refractivity contribution in [1.82, 2.24) is 14.5 Å². The number of aromatic nitrogens is 2. The lowest BCUT2D eigenvalue weighted by molar-refractivity contribution is 0.168. The summed E-state index contributed by atoms with van der Waals surface area (Å²) >= 11 is 0. The minimum Gasteiger partial charge on any atom is -0.319 e. The number of amides is 1. The Labute approximate surface area is 140 Å². The van der Waals surface area contributed by atoms with Gasteiger partial charge in [-0.3, -0.25) is 0 Å². The maximum Gasteiger partial charge on any atom is 0.330 e. The first-order chi connectivity index (χ1) is 10.9. The standard InChI is InChI=1S/C18H28N3OP/c1-7-23(8-2)17-19-15-11-9-10-12-16(15)21(17)18(22)20(13(3)4)14(5)6/h9-14H,7-8H2,1-6H3. The zero-order chi connectivity index (χ0) is 17.1. The lowest BCUT2D eigenvalue weighted by Crippen LogP contribution is -2.46. The number of hydrogen-bond acceptors (Lipinski definition) is 2. The number of nitrogens with zero attached hydrogens (tertiary/aromatic N) is 3. The summed E-state index contributed by atoms with van der Waals surface area (Å²) in [6.07, 6.45) is 2.09. The fraction of sp³-hybridized carbons (Fsp3) is 0.556. The van der Waals surface area contributed by atoms with Crippen LogP contribution < -0.4 is 5.57 Å². The summed E-state index contributed by atoms with van der Waals surface area (Å²) in [4.78, 5) is 20.1. The molecule has 23 heavy (non-hydrogen) atoms. The first-order valence-electron chi connectivity index (χ1n) is 8.47. The van der Waals surface area contributed by atoms with Crippen molar-refractivity contribution in [3.63, 3.8) is 0 Å². The van der Waals surface area contributed by atoms with E-state index in [1.807, 2.05) is 33.7 Å². The lowest BCUT2D eigenvalue weighted by Gasteiger charge is -2.31. The molecule has 4 nitrogen and oxygen atoms in total. The van der Waals surface area contributed by atoms with Gasteiger partial charge in [0.05, 0.1) is 11.0 Å². The van der Waals surface area contributed by atoms with Crippen LogP contribution in [-0.4, -0.2) is 44.9 Å². The van der Waals surface area contributed by atoms with Crippen molar-refractivity contribution in [2.75, 3.05) is 12.3 Å². The number of benzene rings is 1. The Kier molecular flexibility index (Phi) is 5.80. The summed E-state index contributed by atoms with van der Waals surface area (Å²) in [6.45, 7) is 12.6. The molecule has 0 unspecified atom stereocenters. The third-order valence-corrected chi connectivity index (χ3v) is 6.51. The minimum absolute atomic E-state index is 0.0492. The zero-order valence-electron chi connectivity index (χ0n) is 15.1. The molecular weight excluding hydrogens is 305 g/mol. The predicted octanol–water partition coefficient (Wildman–Crippen LogP) is 4.27. The number of carbonyl (C=O) groups excluding carboxylic acids is 1. The first-order valence-corrected chi connectivity index (χ1v) is 10.2. The fourth-order valence-corrected chi connectivity index (χ4v) is 4.81. The number of carbonyl (C=O) groups is 1. The van der Waals surface area contributed by atoms with E-state index in [0.717, 1.165) is 28.9 Å². The lowest BCUT2D eigenvalue weighted by atomic mass is 10.2. The predicted molar refractivity (Wildman–Crippen MR) is 100 cm³/mol. The molecule has 5 heteroatoms. The van der Waals surface area contributed by atoms with Crippen LogP contribution in [0.1, 0.15) is 41.5 Å². The molecular formula is C18H28N3OP. The van der Waals surface area contributed by atoms with Crippen LogP contribution in [0.15, 0.2) is 24.3 Å². The van der Waals surface area contributed by atoms with Gasteiger partial charge in [0.25, 0.3) is 0 Å². The molecule has 0 bridgehead atoms. The molecule has 0 aliphatic carbocycles. The van der Waals surface area contributed by atoms with Gasteiger partial charge in [-0.15, -0.1) is 0 Å². The highest BCUT2D eigenvalue weighted by molar-refractivity contribution is 7.65. The number of hydrogen-bond donors (Lipinski definition) is 0. The number of imidazole rings is 1. The van der Waals surface area contributed by atoms with Crippen LogP contribution >= 0.6 is 7.92 Å². The molecule has 1 aromatic carbocycles. The van der Waals surface area contributed by atoms with E-state index in [-0.39, 0.29) is 18.1 Å².